The van der Waals surface area contributed by atoms with Crippen molar-refractivity contribution in [3.05, 3.63) is 51.4 Å². The molecule has 0 N–H and O–H groups in total. The summed E-state index contributed by atoms with van der Waals surface area (Å²) in [7, 11) is 0. The molecule has 0 unspecified atom stereocenters. The lowest BCUT2D eigenvalue weighted by atomic mass is 9.92. The molecule has 3 rings (SSSR count). The molecule has 2 aromatic heterocycles. The van der Waals surface area contributed by atoms with Crippen LogP contribution in [0.15, 0.2) is 33.2 Å². The molecular formula is C18H18N2O2S2. The van der Waals surface area contributed by atoms with E-state index < -0.39 is 0 Å². The van der Waals surface area contributed by atoms with Crippen LogP contribution < -0.4 is 0 Å². The summed E-state index contributed by atoms with van der Waals surface area (Å²) < 4.78 is 5.62. The monoisotopic (exact) mass is 358 g/mol. The quantitative estimate of drug-likeness (QED) is 0.474. The van der Waals surface area contributed by atoms with E-state index in [0.717, 1.165) is 32.7 Å². The molecule has 0 aliphatic carbocycles. The van der Waals surface area contributed by atoms with E-state index in [1.54, 1.807) is 11.3 Å². The number of hydrogen-bond donors (Lipinski definition) is 0. The molecule has 0 saturated carbocycles. The van der Waals surface area contributed by atoms with Gasteiger partial charge in [0.1, 0.15) is 0 Å². The molecule has 24 heavy (non-hydrogen) atoms. The van der Waals surface area contributed by atoms with Gasteiger partial charge in [0.05, 0.1) is 10.6 Å². The SMILES string of the molecule is Cc1cc(C)c(C)c(C(=O)CSc2nnc(-c3cccs3)o2)c1C. The number of nitrogens with zero attached hydrogens (tertiary/aromatic N) is 2. The molecular weight excluding hydrogens is 340 g/mol. The average molecular weight is 358 g/mol. The van der Waals surface area contributed by atoms with Gasteiger partial charge in [-0.2, -0.15) is 0 Å². The minimum absolute atomic E-state index is 0.0951. The molecule has 2 heterocycles. The number of benzene rings is 1. The lowest BCUT2D eigenvalue weighted by Gasteiger charge is -2.13. The number of hydrogen-bond acceptors (Lipinski definition) is 6. The van der Waals surface area contributed by atoms with E-state index in [2.05, 4.69) is 16.3 Å². The Morgan fingerprint density at radius 2 is 1.88 bits per heavy atom. The Morgan fingerprint density at radius 3 is 2.50 bits per heavy atom. The fourth-order valence-electron chi connectivity index (χ4n) is 2.60. The second kappa shape index (κ2) is 6.91. The van der Waals surface area contributed by atoms with E-state index in [0.29, 0.717) is 11.1 Å². The second-order valence-corrected chi connectivity index (χ2v) is 7.57. The molecule has 3 aromatic rings. The van der Waals surface area contributed by atoms with Gasteiger partial charge in [0, 0.05) is 5.56 Å². The highest BCUT2D eigenvalue weighted by Crippen LogP contribution is 2.28. The van der Waals surface area contributed by atoms with Crippen molar-refractivity contribution in [3.63, 3.8) is 0 Å². The van der Waals surface area contributed by atoms with Gasteiger partial charge in [-0.15, -0.1) is 21.5 Å². The maximum Gasteiger partial charge on any atom is 0.277 e. The lowest BCUT2D eigenvalue weighted by molar-refractivity contribution is 0.102. The molecule has 124 valence electrons. The molecule has 4 nitrogen and oxygen atoms in total. The van der Waals surface area contributed by atoms with E-state index >= 15 is 0 Å². The van der Waals surface area contributed by atoms with Crippen LogP contribution in [-0.4, -0.2) is 21.7 Å². The van der Waals surface area contributed by atoms with Crippen molar-refractivity contribution in [3.8, 4) is 10.8 Å². The fraction of sp³-hybridized carbons (Fsp3) is 0.278. The minimum Gasteiger partial charge on any atom is -0.410 e. The van der Waals surface area contributed by atoms with E-state index in [9.17, 15) is 4.79 Å². The van der Waals surface area contributed by atoms with Crippen molar-refractivity contribution in [1.82, 2.24) is 10.2 Å². The highest BCUT2D eigenvalue weighted by Gasteiger charge is 2.18. The van der Waals surface area contributed by atoms with E-state index in [1.807, 2.05) is 45.2 Å². The van der Waals surface area contributed by atoms with Gasteiger partial charge < -0.3 is 4.42 Å². The summed E-state index contributed by atoms with van der Waals surface area (Å²) >= 11 is 2.83. The van der Waals surface area contributed by atoms with Gasteiger partial charge in [0.25, 0.3) is 11.1 Å². The second-order valence-electron chi connectivity index (χ2n) is 5.70. The summed E-state index contributed by atoms with van der Waals surface area (Å²) in [6.45, 7) is 8.08. The summed E-state index contributed by atoms with van der Waals surface area (Å²) in [6, 6.07) is 5.99. The predicted molar refractivity (Wildman–Crippen MR) is 98.1 cm³/mol. The van der Waals surface area contributed by atoms with Crippen LogP contribution in [0.2, 0.25) is 0 Å². The Balaban J connectivity index is 1.75. The number of thioether (sulfide) groups is 1. The number of rotatable bonds is 5. The topological polar surface area (TPSA) is 56.0 Å². The first-order valence-corrected chi connectivity index (χ1v) is 9.44. The number of carbonyl (C=O) groups excluding carboxylic acids is 1. The Kier molecular flexibility index (Phi) is 4.87. The molecule has 0 aliphatic rings. The van der Waals surface area contributed by atoms with Crippen LogP contribution in [0.3, 0.4) is 0 Å². The van der Waals surface area contributed by atoms with Gasteiger partial charge in [0.2, 0.25) is 0 Å². The standard InChI is InChI=1S/C18H18N2O2S2/c1-10-8-11(2)13(4)16(12(10)3)14(21)9-24-18-20-19-17(22-18)15-6-5-7-23-15/h5-8H,9H2,1-4H3. The first-order valence-electron chi connectivity index (χ1n) is 7.58. The Labute approximate surface area is 149 Å². The fourth-order valence-corrected chi connectivity index (χ4v) is 3.88. The van der Waals surface area contributed by atoms with Crippen molar-refractivity contribution in [1.29, 1.82) is 0 Å². The molecule has 0 aliphatic heterocycles. The first kappa shape index (κ1) is 16.9. The molecule has 0 fully saturated rings. The third-order valence-electron chi connectivity index (χ3n) is 4.11. The van der Waals surface area contributed by atoms with Gasteiger partial charge in [-0.3, -0.25) is 4.79 Å². The Hall–Kier alpha value is -1.92. The summed E-state index contributed by atoms with van der Waals surface area (Å²) in [6.07, 6.45) is 0. The number of Topliss-reactive ketones (excluding diaryl/α,β-unsaturated/α-hetero) is 1. The molecule has 0 saturated heterocycles. The number of ketones is 1. The zero-order valence-corrected chi connectivity index (χ0v) is 15.7. The van der Waals surface area contributed by atoms with Crippen LogP contribution in [0.5, 0.6) is 0 Å². The molecule has 0 bridgehead atoms. The summed E-state index contributed by atoms with van der Waals surface area (Å²) in [5.41, 5.74) is 5.20. The van der Waals surface area contributed by atoms with Crippen molar-refractivity contribution in [2.75, 3.05) is 5.75 Å². The zero-order valence-electron chi connectivity index (χ0n) is 14.0. The van der Waals surface area contributed by atoms with Crippen molar-refractivity contribution in [2.24, 2.45) is 0 Å². The zero-order chi connectivity index (χ0) is 17.3. The number of aromatic nitrogens is 2. The van der Waals surface area contributed by atoms with Crippen molar-refractivity contribution >= 4 is 28.9 Å². The van der Waals surface area contributed by atoms with E-state index in [-0.39, 0.29) is 11.5 Å². The van der Waals surface area contributed by atoms with Gasteiger partial charge in [-0.05, 0) is 61.4 Å². The van der Waals surface area contributed by atoms with Crippen LogP contribution in [0.1, 0.15) is 32.6 Å². The Bertz CT molecular complexity index is 857. The third-order valence-corrected chi connectivity index (χ3v) is 5.79. The number of aryl methyl sites for hydroxylation is 2. The largest absolute Gasteiger partial charge is 0.410 e. The molecule has 0 spiro atoms. The van der Waals surface area contributed by atoms with Gasteiger partial charge in [-0.25, -0.2) is 0 Å². The van der Waals surface area contributed by atoms with Gasteiger partial charge >= 0.3 is 0 Å². The summed E-state index contributed by atoms with van der Waals surface area (Å²) in [5.74, 6) is 0.882. The van der Waals surface area contributed by atoms with E-state index in [1.165, 1.54) is 11.8 Å². The van der Waals surface area contributed by atoms with Crippen LogP contribution >= 0.6 is 23.1 Å². The third kappa shape index (κ3) is 3.30. The maximum absolute atomic E-state index is 12.7. The van der Waals surface area contributed by atoms with Gasteiger partial charge in [-0.1, -0.05) is 23.9 Å². The van der Waals surface area contributed by atoms with Crippen LogP contribution in [-0.2, 0) is 0 Å². The predicted octanol–water partition coefficient (Wildman–Crippen LogP) is 5.01. The lowest BCUT2D eigenvalue weighted by Crippen LogP contribution is -2.10. The molecule has 0 radical (unpaired) electrons. The number of thiophene rings is 1. The normalized spacial score (nSPS) is 11.0. The molecule has 6 heteroatoms. The molecule has 0 atom stereocenters. The highest BCUT2D eigenvalue weighted by molar-refractivity contribution is 7.99. The maximum atomic E-state index is 12.7. The van der Waals surface area contributed by atoms with Gasteiger partial charge in [0.15, 0.2) is 5.78 Å². The summed E-state index contributed by atoms with van der Waals surface area (Å²) in [5, 5.41) is 10.4. The van der Waals surface area contributed by atoms with Crippen LogP contribution in [0.25, 0.3) is 10.8 Å². The Morgan fingerprint density at radius 1 is 1.17 bits per heavy atom. The minimum atomic E-state index is 0.0951. The van der Waals surface area contributed by atoms with Crippen LogP contribution in [0, 0.1) is 27.7 Å². The molecule has 0 amide bonds. The smallest absolute Gasteiger partial charge is 0.277 e. The number of carbonyl (C=O) groups is 1. The molecule has 1 aromatic carbocycles. The van der Waals surface area contributed by atoms with Crippen molar-refractivity contribution < 1.29 is 9.21 Å². The average Bonchev–Trinajstić information content (AvgIpc) is 3.22. The highest BCUT2D eigenvalue weighted by atomic mass is 32.2. The first-order chi connectivity index (χ1) is 11.5. The van der Waals surface area contributed by atoms with Crippen molar-refractivity contribution in [2.45, 2.75) is 32.9 Å². The van der Waals surface area contributed by atoms with E-state index in [4.69, 9.17) is 4.42 Å². The summed E-state index contributed by atoms with van der Waals surface area (Å²) in [4.78, 5) is 13.6. The van der Waals surface area contributed by atoms with Crippen LogP contribution in [0.4, 0.5) is 0 Å².